The Balaban J connectivity index is 1.93. The van der Waals surface area contributed by atoms with Gasteiger partial charge in [-0.15, -0.1) is 11.3 Å². The summed E-state index contributed by atoms with van der Waals surface area (Å²) >= 11 is 1.74. The Morgan fingerprint density at radius 3 is 3.06 bits per heavy atom. The number of anilines is 1. The first kappa shape index (κ1) is 10.7. The minimum absolute atomic E-state index is 0.591. The van der Waals surface area contributed by atoms with Crippen LogP contribution in [0.15, 0.2) is 35.8 Å². The Labute approximate surface area is 98.4 Å². The molecule has 0 radical (unpaired) electrons. The van der Waals surface area contributed by atoms with Gasteiger partial charge in [-0.1, -0.05) is 6.07 Å². The van der Waals surface area contributed by atoms with Crippen LogP contribution < -0.4 is 5.32 Å². The molecule has 0 saturated heterocycles. The van der Waals surface area contributed by atoms with Gasteiger partial charge in [0.05, 0.1) is 5.56 Å². The smallest absolute Gasteiger partial charge is 0.143 e. The molecule has 2 aromatic heterocycles. The molecule has 0 fully saturated rings. The average molecular weight is 229 g/mol. The predicted octanol–water partition coefficient (Wildman–Crippen LogP) is 2.67. The van der Waals surface area contributed by atoms with Gasteiger partial charge in [0, 0.05) is 17.6 Å². The van der Waals surface area contributed by atoms with Crippen LogP contribution in [0.4, 0.5) is 5.82 Å². The maximum atomic E-state index is 8.87. The van der Waals surface area contributed by atoms with Crippen LogP contribution in [0.3, 0.4) is 0 Å². The number of nitriles is 1. The third kappa shape index (κ3) is 2.59. The molecule has 0 aromatic carbocycles. The van der Waals surface area contributed by atoms with Crippen LogP contribution in [0.25, 0.3) is 0 Å². The summed E-state index contributed by atoms with van der Waals surface area (Å²) in [6.45, 7) is 0.798. The standard InChI is InChI=1S/C12H11N3S/c13-9-10-3-1-6-14-12(10)15-7-5-11-4-2-8-16-11/h1-4,6,8H,5,7H2,(H,14,15). The number of nitrogens with one attached hydrogen (secondary N) is 1. The Hall–Kier alpha value is -1.86. The molecule has 0 amide bonds. The third-order valence-electron chi connectivity index (χ3n) is 2.17. The van der Waals surface area contributed by atoms with E-state index in [1.54, 1.807) is 29.7 Å². The van der Waals surface area contributed by atoms with Gasteiger partial charge >= 0.3 is 0 Å². The maximum absolute atomic E-state index is 8.87. The highest BCUT2D eigenvalue weighted by Gasteiger charge is 2.01. The number of aromatic nitrogens is 1. The fourth-order valence-corrected chi connectivity index (χ4v) is 2.10. The molecule has 0 atom stereocenters. The number of hydrogen-bond acceptors (Lipinski definition) is 4. The molecular formula is C12H11N3S. The number of hydrogen-bond donors (Lipinski definition) is 1. The molecule has 4 heteroatoms. The minimum atomic E-state index is 0.591. The van der Waals surface area contributed by atoms with Gasteiger partial charge in [0.25, 0.3) is 0 Å². The second kappa shape index (κ2) is 5.29. The minimum Gasteiger partial charge on any atom is -0.369 e. The molecule has 0 bridgehead atoms. The zero-order valence-corrected chi connectivity index (χ0v) is 9.50. The molecule has 16 heavy (non-hydrogen) atoms. The van der Waals surface area contributed by atoms with Crippen LogP contribution in [0.2, 0.25) is 0 Å². The van der Waals surface area contributed by atoms with Gasteiger partial charge in [-0.3, -0.25) is 0 Å². The Morgan fingerprint density at radius 1 is 1.38 bits per heavy atom. The molecule has 80 valence electrons. The number of thiophene rings is 1. The summed E-state index contributed by atoms with van der Waals surface area (Å²) < 4.78 is 0. The van der Waals surface area contributed by atoms with Gasteiger partial charge in [0.2, 0.25) is 0 Å². The Kier molecular flexibility index (Phi) is 3.52. The van der Waals surface area contributed by atoms with Gasteiger partial charge in [-0.2, -0.15) is 5.26 Å². The molecule has 1 N–H and O–H groups in total. The summed E-state index contributed by atoms with van der Waals surface area (Å²) in [5.74, 6) is 0.668. The van der Waals surface area contributed by atoms with Crippen molar-refractivity contribution < 1.29 is 0 Å². The molecule has 0 aliphatic carbocycles. The highest BCUT2D eigenvalue weighted by atomic mass is 32.1. The van der Waals surface area contributed by atoms with Crippen molar-refractivity contribution in [3.63, 3.8) is 0 Å². The van der Waals surface area contributed by atoms with Crippen LogP contribution >= 0.6 is 11.3 Å². The quantitative estimate of drug-likeness (QED) is 0.876. The van der Waals surface area contributed by atoms with Crippen molar-refractivity contribution in [1.29, 1.82) is 5.26 Å². The molecule has 0 aliphatic heterocycles. The lowest BCUT2D eigenvalue weighted by Crippen LogP contribution is -2.06. The molecule has 3 nitrogen and oxygen atoms in total. The molecule has 2 aromatic rings. The summed E-state index contributed by atoms with van der Waals surface area (Å²) in [5, 5.41) is 14.1. The van der Waals surface area contributed by atoms with Gasteiger partial charge in [-0.05, 0) is 30.0 Å². The normalized spacial score (nSPS) is 9.69. The number of pyridine rings is 1. The van der Waals surface area contributed by atoms with Gasteiger partial charge in [0.15, 0.2) is 0 Å². The highest BCUT2D eigenvalue weighted by molar-refractivity contribution is 7.09. The van der Waals surface area contributed by atoms with E-state index in [4.69, 9.17) is 5.26 Å². The van der Waals surface area contributed by atoms with Crippen molar-refractivity contribution in [2.45, 2.75) is 6.42 Å². The fraction of sp³-hybridized carbons (Fsp3) is 0.167. The zero-order chi connectivity index (χ0) is 11.2. The third-order valence-corrected chi connectivity index (χ3v) is 3.11. The van der Waals surface area contributed by atoms with Crippen molar-refractivity contribution in [1.82, 2.24) is 4.98 Å². The lowest BCUT2D eigenvalue weighted by molar-refractivity contribution is 1.03. The van der Waals surface area contributed by atoms with E-state index in [1.807, 2.05) is 6.07 Å². The highest BCUT2D eigenvalue weighted by Crippen LogP contribution is 2.12. The van der Waals surface area contributed by atoms with Crippen LogP contribution in [-0.4, -0.2) is 11.5 Å². The molecule has 0 saturated carbocycles. The summed E-state index contributed by atoms with van der Waals surface area (Å²) in [4.78, 5) is 5.47. The second-order valence-corrected chi connectivity index (χ2v) is 4.30. The summed E-state index contributed by atoms with van der Waals surface area (Å²) in [6.07, 6.45) is 2.65. The number of nitrogens with zero attached hydrogens (tertiary/aromatic N) is 2. The fourth-order valence-electron chi connectivity index (χ4n) is 1.40. The van der Waals surface area contributed by atoms with E-state index in [-0.39, 0.29) is 0 Å². The molecule has 2 rings (SSSR count). The molecular weight excluding hydrogens is 218 g/mol. The lowest BCUT2D eigenvalue weighted by atomic mass is 10.2. The van der Waals surface area contributed by atoms with E-state index >= 15 is 0 Å². The molecule has 0 unspecified atom stereocenters. The molecule has 0 spiro atoms. The summed E-state index contributed by atoms with van der Waals surface area (Å²) in [5.41, 5.74) is 0.591. The van der Waals surface area contributed by atoms with Gasteiger partial charge in [0.1, 0.15) is 11.9 Å². The first-order chi connectivity index (χ1) is 7.90. The Bertz CT molecular complexity index is 485. The summed E-state index contributed by atoms with van der Waals surface area (Å²) in [6, 6.07) is 9.80. The first-order valence-electron chi connectivity index (χ1n) is 5.01. The van der Waals surface area contributed by atoms with Crippen molar-refractivity contribution in [2.24, 2.45) is 0 Å². The van der Waals surface area contributed by atoms with Gasteiger partial charge < -0.3 is 5.32 Å². The van der Waals surface area contributed by atoms with Crippen molar-refractivity contribution in [2.75, 3.05) is 11.9 Å². The van der Waals surface area contributed by atoms with Gasteiger partial charge in [-0.25, -0.2) is 4.98 Å². The van der Waals surface area contributed by atoms with E-state index in [9.17, 15) is 0 Å². The zero-order valence-electron chi connectivity index (χ0n) is 8.68. The predicted molar refractivity (Wildman–Crippen MR) is 65.5 cm³/mol. The summed E-state index contributed by atoms with van der Waals surface area (Å²) in [7, 11) is 0. The lowest BCUT2D eigenvalue weighted by Gasteiger charge is -2.05. The van der Waals surface area contributed by atoms with Crippen LogP contribution in [0.5, 0.6) is 0 Å². The Morgan fingerprint density at radius 2 is 2.31 bits per heavy atom. The SMILES string of the molecule is N#Cc1cccnc1NCCc1cccs1. The number of rotatable bonds is 4. The van der Waals surface area contributed by atoms with E-state index in [2.05, 4.69) is 27.8 Å². The van der Waals surface area contributed by atoms with E-state index in [1.165, 1.54) is 4.88 Å². The van der Waals surface area contributed by atoms with E-state index in [0.717, 1.165) is 13.0 Å². The van der Waals surface area contributed by atoms with E-state index in [0.29, 0.717) is 11.4 Å². The van der Waals surface area contributed by atoms with Crippen LogP contribution in [0.1, 0.15) is 10.4 Å². The largest absolute Gasteiger partial charge is 0.369 e. The molecule has 2 heterocycles. The van der Waals surface area contributed by atoms with Crippen LogP contribution in [0, 0.1) is 11.3 Å². The maximum Gasteiger partial charge on any atom is 0.143 e. The molecule has 0 aliphatic rings. The van der Waals surface area contributed by atoms with Crippen molar-refractivity contribution in [3.8, 4) is 6.07 Å². The van der Waals surface area contributed by atoms with E-state index < -0.39 is 0 Å². The topological polar surface area (TPSA) is 48.7 Å². The average Bonchev–Trinajstić information content (AvgIpc) is 2.83. The van der Waals surface area contributed by atoms with Crippen molar-refractivity contribution in [3.05, 3.63) is 46.3 Å². The van der Waals surface area contributed by atoms with Crippen LogP contribution in [-0.2, 0) is 6.42 Å². The first-order valence-corrected chi connectivity index (χ1v) is 5.89. The van der Waals surface area contributed by atoms with Crippen molar-refractivity contribution >= 4 is 17.2 Å². The second-order valence-electron chi connectivity index (χ2n) is 3.27. The monoisotopic (exact) mass is 229 g/mol.